The van der Waals surface area contributed by atoms with Crippen LogP contribution in [0, 0.1) is 5.92 Å². The van der Waals surface area contributed by atoms with Gasteiger partial charge in [-0.25, -0.2) is 0 Å². The molecule has 1 aliphatic heterocycles. The van der Waals surface area contributed by atoms with Crippen molar-refractivity contribution in [2.24, 2.45) is 5.92 Å². The molecule has 5 heteroatoms. The highest BCUT2D eigenvalue weighted by Gasteiger charge is 2.24. The molecule has 19 heavy (non-hydrogen) atoms. The maximum atomic E-state index is 11.9. The van der Waals surface area contributed by atoms with Crippen molar-refractivity contribution in [2.75, 3.05) is 43.1 Å². The van der Waals surface area contributed by atoms with Gasteiger partial charge in [-0.05, 0) is 12.1 Å². The molecule has 5 nitrogen and oxygen atoms in total. The number of nitrogens with one attached hydrogen (secondary N) is 1. The van der Waals surface area contributed by atoms with Gasteiger partial charge in [-0.1, -0.05) is 19.1 Å². The Kier molecular flexibility index (Phi) is 4.76. The summed E-state index contributed by atoms with van der Waals surface area (Å²) in [6, 6.07) is 7.78. The molecule has 1 aromatic rings. The van der Waals surface area contributed by atoms with E-state index in [9.17, 15) is 4.79 Å². The van der Waals surface area contributed by atoms with E-state index in [0.29, 0.717) is 26.3 Å². The zero-order chi connectivity index (χ0) is 13.7. The molecule has 1 amide bonds. The standard InChI is InChI=1S/C14H20N2O3/c1-11-10-16(6-8-19-9-7-17)13-5-3-2-4-12(13)15-14(11)18/h2-5,11,17H,6-10H2,1H3,(H,15,18). The molecule has 0 aromatic heterocycles. The minimum Gasteiger partial charge on any atom is -0.394 e. The molecule has 1 aliphatic rings. The summed E-state index contributed by atoms with van der Waals surface area (Å²) in [6.07, 6.45) is 0. The number of rotatable bonds is 5. The minimum absolute atomic E-state index is 0.0348. The maximum Gasteiger partial charge on any atom is 0.229 e. The van der Waals surface area contributed by atoms with Gasteiger partial charge in [0, 0.05) is 13.1 Å². The molecular formula is C14H20N2O3. The molecule has 0 spiro atoms. The second kappa shape index (κ2) is 6.54. The molecule has 0 saturated heterocycles. The lowest BCUT2D eigenvalue weighted by Crippen LogP contribution is -2.33. The second-order valence-corrected chi connectivity index (χ2v) is 4.69. The normalized spacial score (nSPS) is 18.7. The lowest BCUT2D eigenvalue weighted by Gasteiger charge is -2.25. The van der Waals surface area contributed by atoms with Gasteiger partial charge in [-0.2, -0.15) is 0 Å². The van der Waals surface area contributed by atoms with E-state index in [0.717, 1.165) is 11.4 Å². The van der Waals surface area contributed by atoms with Crippen molar-refractivity contribution in [1.29, 1.82) is 0 Å². The van der Waals surface area contributed by atoms with Gasteiger partial charge >= 0.3 is 0 Å². The number of aliphatic hydroxyl groups is 1. The Morgan fingerprint density at radius 2 is 2.21 bits per heavy atom. The summed E-state index contributed by atoms with van der Waals surface area (Å²) in [4.78, 5) is 14.0. The topological polar surface area (TPSA) is 61.8 Å². The summed E-state index contributed by atoms with van der Waals surface area (Å²) in [5.74, 6) is -0.0172. The number of ether oxygens (including phenoxy) is 1. The van der Waals surface area contributed by atoms with E-state index in [1.165, 1.54) is 0 Å². The third kappa shape index (κ3) is 3.45. The van der Waals surface area contributed by atoms with Crippen molar-refractivity contribution in [3.05, 3.63) is 24.3 Å². The van der Waals surface area contributed by atoms with E-state index in [-0.39, 0.29) is 18.4 Å². The molecule has 1 aromatic carbocycles. The molecule has 0 saturated carbocycles. The zero-order valence-corrected chi connectivity index (χ0v) is 11.1. The van der Waals surface area contributed by atoms with Gasteiger partial charge in [0.05, 0.1) is 37.1 Å². The zero-order valence-electron chi connectivity index (χ0n) is 11.1. The Balaban J connectivity index is 2.10. The number of hydrogen-bond donors (Lipinski definition) is 2. The monoisotopic (exact) mass is 264 g/mol. The molecular weight excluding hydrogens is 244 g/mol. The van der Waals surface area contributed by atoms with E-state index < -0.39 is 0 Å². The Morgan fingerprint density at radius 1 is 1.42 bits per heavy atom. The number of carbonyl (C=O) groups is 1. The molecule has 0 radical (unpaired) electrons. The van der Waals surface area contributed by atoms with Crippen LogP contribution in [0.15, 0.2) is 24.3 Å². The predicted molar refractivity (Wildman–Crippen MR) is 74.4 cm³/mol. The van der Waals surface area contributed by atoms with E-state index in [1.54, 1.807) is 0 Å². The molecule has 2 N–H and O–H groups in total. The van der Waals surface area contributed by atoms with Crippen LogP contribution in [0.5, 0.6) is 0 Å². The average molecular weight is 264 g/mol. The van der Waals surface area contributed by atoms with Gasteiger partial charge in [0.1, 0.15) is 0 Å². The fourth-order valence-corrected chi connectivity index (χ4v) is 2.18. The second-order valence-electron chi connectivity index (χ2n) is 4.69. The van der Waals surface area contributed by atoms with Crippen LogP contribution in [0.25, 0.3) is 0 Å². The predicted octanol–water partition coefficient (Wildman–Crippen LogP) is 1.09. The van der Waals surface area contributed by atoms with Crippen LogP contribution in [-0.4, -0.2) is 43.9 Å². The molecule has 0 fully saturated rings. The smallest absolute Gasteiger partial charge is 0.229 e. The Bertz CT molecular complexity index is 436. The first-order valence-electron chi connectivity index (χ1n) is 6.56. The van der Waals surface area contributed by atoms with Crippen LogP contribution in [0.4, 0.5) is 11.4 Å². The van der Waals surface area contributed by atoms with E-state index in [4.69, 9.17) is 9.84 Å². The van der Waals surface area contributed by atoms with Crippen LogP contribution in [-0.2, 0) is 9.53 Å². The summed E-state index contributed by atoms with van der Waals surface area (Å²) < 4.78 is 5.31. The fraction of sp³-hybridized carbons (Fsp3) is 0.500. The van der Waals surface area contributed by atoms with E-state index >= 15 is 0 Å². The summed E-state index contributed by atoms with van der Waals surface area (Å²) in [5, 5.41) is 11.6. The molecule has 2 rings (SSSR count). The molecule has 0 aliphatic carbocycles. The highest BCUT2D eigenvalue weighted by Crippen LogP contribution is 2.29. The van der Waals surface area contributed by atoms with Crippen molar-refractivity contribution >= 4 is 17.3 Å². The minimum atomic E-state index is -0.0646. The molecule has 1 heterocycles. The Labute approximate surface area is 113 Å². The number of aliphatic hydroxyl groups excluding tert-OH is 1. The van der Waals surface area contributed by atoms with Gasteiger partial charge < -0.3 is 20.1 Å². The molecule has 0 bridgehead atoms. The number of hydrogen-bond acceptors (Lipinski definition) is 4. The first kappa shape index (κ1) is 13.8. The van der Waals surface area contributed by atoms with Gasteiger partial charge in [0.2, 0.25) is 5.91 Å². The van der Waals surface area contributed by atoms with Crippen molar-refractivity contribution in [3.63, 3.8) is 0 Å². The van der Waals surface area contributed by atoms with Crippen LogP contribution >= 0.6 is 0 Å². The van der Waals surface area contributed by atoms with Crippen LogP contribution in [0.3, 0.4) is 0 Å². The van der Waals surface area contributed by atoms with E-state index in [1.807, 2.05) is 31.2 Å². The van der Waals surface area contributed by atoms with E-state index in [2.05, 4.69) is 10.2 Å². The number of fused-ring (bicyclic) bond motifs is 1. The van der Waals surface area contributed by atoms with Gasteiger partial charge in [0.25, 0.3) is 0 Å². The summed E-state index contributed by atoms with van der Waals surface area (Å²) >= 11 is 0. The largest absolute Gasteiger partial charge is 0.394 e. The number of benzene rings is 1. The SMILES string of the molecule is CC1CN(CCOCCO)c2ccccc2NC1=O. The number of anilines is 2. The Hall–Kier alpha value is -1.59. The van der Waals surface area contributed by atoms with Crippen molar-refractivity contribution in [2.45, 2.75) is 6.92 Å². The van der Waals surface area contributed by atoms with Gasteiger partial charge in [-0.3, -0.25) is 4.79 Å². The molecule has 1 atom stereocenters. The van der Waals surface area contributed by atoms with Crippen LogP contribution < -0.4 is 10.2 Å². The highest BCUT2D eigenvalue weighted by molar-refractivity contribution is 5.97. The molecule has 1 unspecified atom stereocenters. The summed E-state index contributed by atoms with van der Waals surface area (Å²) in [5.41, 5.74) is 1.87. The molecule has 104 valence electrons. The maximum absolute atomic E-state index is 11.9. The van der Waals surface area contributed by atoms with Gasteiger partial charge in [0.15, 0.2) is 0 Å². The number of carbonyl (C=O) groups excluding carboxylic acids is 1. The van der Waals surface area contributed by atoms with Crippen molar-refractivity contribution < 1.29 is 14.6 Å². The van der Waals surface area contributed by atoms with Gasteiger partial charge in [-0.15, -0.1) is 0 Å². The summed E-state index contributed by atoms with van der Waals surface area (Å²) in [6.45, 7) is 4.22. The lowest BCUT2D eigenvalue weighted by molar-refractivity contribution is -0.119. The number of para-hydroxylation sites is 2. The first-order chi connectivity index (χ1) is 9.22. The average Bonchev–Trinajstić information content (AvgIpc) is 2.53. The number of nitrogens with zero attached hydrogens (tertiary/aromatic N) is 1. The first-order valence-corrected chi connectivity index (χ1v) is 6.56. The lowest BCUT2D eigenvalue weighted by atomic mass is 10.1. The van der Waals surface area contributed by atoms with Crippen LogP contribution in [0.1, 0.15) is 6.92 Å². The fourth-order valence-electron chi connectivity index (χ4n) is 2.18. The number of amides is 1. The third-order valence-corrected chi connectivity index (χ3v) is 3.19. The quantitative estimate of drug-likeness (QED) is 0.782. The third-order valence-electron chi connectivity index (χ3n) is 3.19. The van der Waals surface area contributed by atoms with Crippen LogP contribution in [0.2, 0.25) is 0 Å². The summed E-state index contributed by atoms with van der Waals surface area (Å²) in [7, 11) is 0. The highest BCUT2D eigenvalue weighted by atomic mass is 16.5. The van der Waals surface area contributed by atoms with Crippen molar-refractivity contribution in [3.8, 4) is 0 Å². The van der Waals surface area contributed by atoms with Crippen molar-refractivity contribution in [1.82, 2.24) is 0 Å². The Morgan fingerprint density at radius 3 is 3.00 bits per heavy atom.